The third-order valence-electron chi connectivity index (χ3n) is 2.61. The topological polar surface area (TPSA) is 17.1 Å². The molecule has 0 heterocycles. The molecule has 90 valence electrons. The first-order valence-corrected chi connectivity index (χ1v) is 6.97. The Hall–Kier alpha value is 0.150. The van der Waals surface area contributed by atoms with Crippen molar-refractivity contribution in [2.75, 3.05) is 0 Å². The summed E-state index contributed by atoms with van der Waals surface area (Å²) in [6.07, 6.45) is 6.92. The summed E-state index contributed by atoms with van der Waals surface area (Å²) in [7, 11) is 0. The zero-order valence-corrected chi connectivity index (χ0v) is 12.2. The Morgan fingerprint density at radius 2 is 1.80 bits per heavy atom. The largest absolute Gasteiger partial charge is 0.299 e. The molecule has 0 bridgehead atoms. The van der Waals surface area contributed by atoms with Crippen molar-refractivity contribution in [1.82, 2.24) is 0 Å². The van der Waals surface area contributed by atoms with Crippen LogP contribution in [0.4, 0.5) is 0 Å². The lowest BCUT2D eigenvalue weighted by atomic mass is 9.87. The number of rotatable bonds is 7. The van der Waals surface area contributed by atoms with Crippen LogP contribution in [0.5, 0.6) is 0 Å². The van der Waals surface area contributed by atoms with Crippen molar-refractivity contribution in [1.29, 1.82) is 0 Å². The molecule has 0 aromatic heterocycles. The molecule has 15 heavy (non-hydrogen) atoms. The predicted molar refractivity (Wildman–Crippen MR) is 70.6 cm³/mol. The van der Waals surface area contributed by atoms with E-state index in [2.05, 4.69) is 22.9 Å². The number of halogens is 1. The molecule has 0 N–H and O–H groups in total. The summed E-state index contributed by atoms with van der Waals surface area (Å²) in [5.41, 5.74) is -0.185. The fourth-order valence-corrected chi connectivity index (χ4v) is 2.02. The van der Waals surface area contributed by atoms with Gasteiger partial charge in [0.15, 0.2) is 0 Å². The minimum atomic E-state index is -0.185. The molecule has 0 aliphatic rings. The maximum absolute atomic E-state index is 11.7. The van der Waals surface area contributed by atoms with E-state index >= 15 is 0 Å². The molecular formula is C13H25BrO. The summed E-state index contributed by atoms with van der Waals surface area (Å²) in [5.74, 6) is 0.361. The number of hydrogen-bond donors (Lipinski definition) is 0. The van der Waals surface area contributed by atoms with E-state index < -0.39 is 0 Å². The first-order chi connectivity index (χ1) is 6.88. The highest BCUT2D eigenvalue weighted by atomic mass is 79.9. The van der Waals surface area contributed by atoms with Gasteiger partial charge in [-0.1, -0.05) is 69.3 Å². The lowest BCUT2D eigenvalue weighted by Gasteiger charge is -2.18. The molecule has 1 unspecified atom stereocenters. The van der Waals surface area contributed by atoms with Crippen LogP contribution in [-0.4, -0.2) is 10.6 Å². The molecule has 2 heteroatoms. The van der Waals surface area contributed by atoms with E-state index in [1.54, 1.807) is 0 Å². The Morgan fingerprint density at radius 1 is 1.20 bits per heavy atom. The second-order valence-electron chi connectivity index (χ2n) is 5.32. The minimum absolute atomic E-state index is 0.185. The van der Waals surface area contributed by atoms with Crippen LogP contribution in [0.1, 0.15) is 66.2 Å². The predicted octanol–water partition coefficient (Wildman–Crippen LogP) is 4.73. The van der Waals surface area contributed by atoms with Gasteiger partial charge in [0.1, 0.15) is 5.78 Å². The van der Waals surface area contributed by atoms with Crippen molar-refractivity contribution >= 4 is 21.7 Å². The van der Waals surface area contributed by atoms with Crippen molar-refractivity contribution in [3.8, 4) is 0 Å². The lowest BCUT2D eigenvalue weighted by molar-refractivity contribution is -0.126. The molecule has 0 radical (unpaired) electrons. The van der Waals surface area contributed by atoms with Crippen molar-refractivity contribution in [3.05, 3.63) is 0 Å². The molecule has 0 saturated heterocycles. The van der Waals surface area contributed by atoms with Gasteiger partial charge < -0.3 is 0 Å². The van der Waals surface area contributed by atoms with Crippen molar-refractivity contribution in [3.63, 3.8) is 0 Å². The SMILES string of the molecule is CCCCCCC(Br)CC(=O)C(C)(C)C. The Bertz CT molecular complexity index is 181. The van der Waals surface area contributed by atoms with Gasteiger partial charge in [0, 0.05) is 16.7 Å². The van der Waals surface area contributed by atoms with Crippen molar-refractivity contribution < 1.29 is 4.79 Å². The molecule has 0 rings (SSSR count). The fraction of sp³-hybridized carbons (Fsp3) is 0.923. The van der Waals surface area contributed by atoms with E-state index in [-0.39, 0.29) is 5.41 Å². The zero-order chi connectivity index (χ0) is 11.9. The van der Waals surface area contributed by atoms with Gasteiger partial charge in [-0.25, -0.2) is 0 Å². The molecule has 0 aliphatic heterocycles. The summed E-state index contributed by atoms with van der Waals surface area (Å²) in [6, 6.07) is 0. The summed E-state index contributed by atoms with van der Waals surface area (Å²) < 4.78 is 0. The third-order valence-corrected chi connectivity index (χ3v) is 3.40. The van der Waals surface area contributed by atoms with E-state index in [0.29, 0.717) is 17.0 Å². The standard InChI is InChI=1S/C13H25BrO/c1-5-6-7-8-9-11(14)10-12(15)13(2,3)4/h11H,5-10H2,1-4H3. The number of hydrogen-bond acceptors (Lipinski definition) is 1. The Labute approximate surface area is 103 Å². The summed E-state index contributed by atoms with van der Waals surface area (Å²) in [4.78, 5) is 12.1. The minimum Gasteiger partial charge on any atom is -0.299 e. The van der Waals surface area contributed by atoms with Crippen LogP contribution in [-0.2, 0) is 4.79 Å². The molecule has 1 nitrogen and oxygen atoms in total. The molecule has 0 aromatic rings. The maximum atomic E-state index is 11.7. The van der Waals surface area contributed by atoms with Crippen LogP contribution >= 0.6 is 15.9 Å². The molecular weight excluding hydrogens is 252 g/mol. The highest BCUT2D eigenvalue weighted by Gasteiger charge is 2.23. The second-order valence-corrected chi connectivity index (χ2v) is 6.62. The number of carbonyl (C=O) groups is 1. The van der Waals surface area contributed by atoms with Crippen molar-refractivity contribution in [2.45, 2.75) is 71.0 Å². The summed E-state index contributed by atoms with van der Waals surface area (Å²) in [5, 5.41) is 0. The van der Waals surface area contributed by atoms with Gasteiger partial charge >= 0.3 is 0 Å². The van der Waals surface area contributed by atoms with E-state index in [4.69, 9.17) is 0 Å². The van der Waals surface area contributed by atoms with Crippen LogP contribution in [0.2, 0.25) is 0 Å². The quantitative estimate of drug-likeness (QED) is 0.486. The molecule has 0 aliphatic carbocycles. The van der Waals surface area contributed by atoms with Gasteiger partial charge in [0.2, 0.25) is 0 Å². The third kappa shape index (κ3) is 8.01. The maximum Gasteiger partial charge on any atom is 0.139 e. The van der Waals surface area contributed by atoms with Gasteiger partial charge in [-0.05, 0) is 6.42 Å². The summed E-state index contributed by atoms with van der Waals surface area (Å²) >= 11 is 3.60. The number of unbranched alkanes of at least 4 members (excludes halogenated alkanes) is 3. The molecule has 0 saturated carbocycles. The number of carbonyl (C=O) groups excluding carboxylic acids is 1. The van der Waals surface area contributed by atoms with Crippen LogP contribution in [0.15, 0.2) is 0 Å². The highest BCUT2D eigenvalue weighted by Crippen LogP contribution is 2.23. The van der Waals surface area contributed by atoms with E-state index in [1.807, 2.05) is 20.8 Å². The van der Waals surface area contributed by atoms with E-state index in [0.717, 1.165) is 6.42 Å². The normalized spacial score (nSPS) is 13.9. The molecule has 1 atom stereocenters. The number of alkyl halides is 1. The van der Waals surface area contributed by atoms with Gasteiger partial charge in [0.05, 0.1) is 0 Å². The number of ketones is 1. The van der Waals surface area contributed by atoms with Crippen LogP contribution in [0.3, 0.4) is 0 Å². The second kappa shape index (κ2) is 7.43. The van der Waals surface area contributed by atoms with Gasteiger partial charge in [0.25, 0.3) is 0 Å². The molecule has 0 amide bonds. The smallest absolute Gasteiger partial charge is 0.139 e. The average molecular weight is 277 g/mol. The Balaban J connectivity index is 3.65. The first kappa shape index (κ1) is 15.2. The molecule has 0 spiro atoms. The molecule has 0 aromatic carbocycles. The van der Waals surface area contributed by atoms with E-state index in [9.17, 15) is 4.79 Å². The summed E-state index contributed by atoms with van der Waals surface area (Å²) in [6.45, 7) is 8.19. The van der Waals surface area contributed by atoms with Gasteiger partial charge in [-0.2, -0.15) is 0 Å². The van der Waals surface area contributed by atoms with Crippen molar-refractivity contribution in [2.24, 2.45) is 5.41 Å². The van der Waals surface area contributed by atoms with E-state index in [1.165, 1.54) is 25.7 Å². The monoisotopic (exact) mass is 276 g/mol. The van der Waals surface area contributed by atoms with Crippen LogP contribution in [0.25, 0.3) is 0 Å². The molecule has 0 fully saturated rings. The Kier molecular flexibility index (Phi) is 7.50. The average Bonchev–Trinajstić information content (AvgIpc) is 2.11. The fourth-order valence-electron chi connectivity index (χ4n) is 1.40. The van der Waals surface area contributed by atoms with Crippen LogP contribution < -0.4 is 0 Å². The highest BCUT2D eigenvalue weighted by molar-refractivity contribution is 9.09. The first-order valence-electron chi connectivity index (χ1n) is 6.05. The Morgan fingerprint density at radius 3 is 2.27 bits per heavy atom. The van der Waals surface area contributed by atoms with Gasteiger partial charge in [-0.15, -0.1) is 0 Å². The van der Waals surface area contributed by atoms with Crippen LogP contribution in [0, 0.1) is 5.41 Å². The zero-order valence-electron chi connectivity index (χ0n) is 10.6. The van der Waals surface area contributed by atoms with Gasteiger partial charge in [-0.3, -0.25) is 4.79 Å². The lowest BCUT2D eigenvalue weighted by Crippen LogP contribution is -2.23. The number of Topliss-reactive ketones (excluding diaryl/α,β-unsaturated/α-hetero) is 1.